The molecule has 0 aliphatic rings. The van der Waals surface area contributed by atoms with Crippen molar-refractivity contribution in [3.63, 3.8) is 0 Å². The maximum absolute atomic E-state index is 5.06. The molecule has 0 aliphatic heterocycles. The topological polar surface area (TPSA) is 9.23 Å². The fourth-order valence-corrected chi connectivity index (χ4v) is 0.870. The van der Waals surface area contributed by atoms with E-state index in [0.717, 1.165) is 19.4 Å². The zero-order valence-corrected chi connectivity index (χ0v) is 8.25. The average molecular weight is 168 g/mol. The molecule has 0 amide bonds. The second-order valence-corrected chi connectivity index (χ2v) is 2.64. The highest BCUT2D eigenvalue weighted by molar-refractivity contribution is 4.82. The Morgan fingerprint density at radius 3 is 2.42 bits per heavy atom. The molecule has 0 aliphatic carbocycles. The summed E-state index contributed by atoms with van der Waals surface area (Å²) in [6.45, 7) is 4.92. The van der Waals surface area contributed by atoms with Crippen molar-refractivity contribution in [3.05, 3.63) is 24.5 Å². The minimum atomic E-state index is 0.770. The largest absolute Gasteiger partial charge is 0.502 e. The van der Waals surface area contributed by atoms with E-state index < -0.39 is 0 Å². The summed E-state index contributed by atoms with van der Waals surface area (Å²) in [5.74, 6) is 0. The second kappa shape index (κ2) is 10.3. The van der Waals surface area contributed by atoms with E-state index >= 15 is 0 Å². The molecule has 0 aromatic carbocycles. The van der Waals surface area contributed by atoms with Crippen molar-refractivity contribution in [3.8, 4) is 0 Å². The summed E-state index contributed by atoms with van der Waals surface area (Å²) in [6.07, 6.45) is 13.0. The normalized spacial score (nSPS) is 11.5. The van der Waals surface area contributed by atoms with Crippen LogP contribution in [0.1, 0.15) is 39.5 Å². The predicted molar refractivity (Wildman–Crippen MR) is 54.0 cm³/mol. The van der Waals surface area contributed by atoms with Gasteiger partial charge in [0.2, 0.25) is 0 Å². The maximum Gasteiger partial charge on any atom is 0.0845 e. The molecule has 1 heteroatoms. The summed E-state index contributed by atoms with van der Waals surface area (Å²) < 4.78 is 5.06. The molecule has 0 N–H and O–H groups in total. The van der Waals surface area contributed by atoms with Crippen molar-refractivity contribution in [1.29, 1.82) is 0 Å². The van der Waals surface area contributed by atoms with Gasteiger partial charge in [0, 0.05) is 0 Å². The van der Waals surface area contributed by atoms with Crippen molar-refractivity contribution in [2.45, 2.75) is 39.5 Å². The number of hydrogen-bond donors (Lipinski definition) is 0. The molecule has 0 aromatic rings. The Morgan fingerprint density at radius 1 is 1.00 bits per heavy atom. The molecule has 0 saturated carbocycles. The molecule has 12 heavy (non-hydrogen) atoms. The van der Waals surface area contributed by atoms with Gasteiger partial charge in [-0.3, -0.25) is 0 Å². The van der Waals surface area contributed by atoms with Crippen molar-refractivity contribution in [2.75, 3.05) is 6.61 Å². The van der Waals surface area contributed by atoms with E-state index in [2.05, 4.69) is 25.2 Å². The van der Waals surface area contributed by atoms with Gasteiger partial charge >= 0.3 is 0 Å². The molecular weight excluding hydrogens is 148 g/mol. The quantitative estimate of drug-likeness (QED) is 0.320. The third-order valence-electron chi connectivity index (χ3n) is 1.50. The van der Waals surface area contributed by atoms with Crippen LogP contribution in [0.2, 0.25) is 0 Å². The Balaban J connectivity index is 3.04. The summed E-state index contributed by atoms with van der Waals surface area (Å²) in [6, 6.07) is 0. The lowest BCUT2D eigenvalue weighted by Gasteiger charge is -1.92. The molecule has 70 valence electrons. The van der Waals surface area contributed by atoms with Gasteiger partial charge in [-0.05, 0) is 38.7 Å². The van der Waals surface area contributed by atoms with Crippen molar-refractivity contribution in [2.24, 2.45) is 0 Å². The lowest BCUT2D eigenvalue weighted by atomic mass is 10.2. The Labute approximate surface area is 76.1 Å². The molecular formula is C11H20O. The molecule has 0 spiro atoms. The zero-order valence-electron chi connectivity index (χ0n) is 8.25. The van der Waals surface area contributed by atoms with Gasteiger partial charge in [0.05, 0.1) is 12.9 Å². The Bertz CT molecular complexity index is 125. The van der Waals surface area contributed by atoms with Gasteiger partial charge in [-0.2, -0.15) is 0 Å². The van der Waals surface area contributed by atoms with Gasteiger partial charge in [-0.1, -0.05) is 19.1 Å². The van der Waals surface area contributed by atoms with Gasteiger partial charge in [-0.15, -0.1) is 0 Å². The lowest BCUT2D eigenvalue weighted by molar-refractivity contribution is 0.268. The van der Waals surface area contributed by atoms with Crippen molar-refractivity contribution in [1.82, 2.24) is 0 Å². The third kappa shape index (κ3) is 9.28. The van der Waals surface area contributed by atoms with Crippen LogP contribution in [0, 0.1) is 0 Å². The first-order chi connectivity index (χ1) is 5.91. The standard InChI is InChI=1S/C11H20O/c1-3-5-6-7-8-9-10-11-12-4-2/h5-6,10-11H,3-4,7-9H2,1-2H3/b6-5-,11-10+. The predicted octanol–water partition coefficient (Wildman–Crippen LogP) is 3.67. The van der Waals surface area contributed by atoms with Gasteiger partial charge in [0.15, 0.2) is 0 Å². The average Bonchev–Trinajstić information content (AvgIpc) is 2.10. The highest BCUT2D eigenvalue weighted by atomic mass is 16.5. The molecule has 0 unspecified atom stereocenters. The van der Waals surface area contributed by atoms with Gasteiger partial charge < -0.3 is 4.74 Å². The van der Waals surface area contributed by atoms with E-state index in [1.807, 2.05) is 6.92 Å². The van der Waals surface area contributed by atoms with Crippen LogP contribution >= 0.6 is 0 Å². The highest BCUT2D eigenvalue weighted by Gasteiger charge is 1.79. The number of allylic oxidation sites excluding steroid dienone is 3. The molecule has 0 saturated heterocycles. The summed E-state index contributed by atoms with van der Waals surface area (Å²) in [5.41, 5.74) is 0. The second-order valence-electron chi connectivity index (χ2n) is 2.64. The van der Waals surface area contributed by atoms with E-state index in [0.29, 0.717) is 0 Å². The van der Waals surface area contributed by atoms with E-state index in [-0.39, 0.29) is 0 Å². The zero-order chi connectivity index (χ0) is 9.07. The number of unbranched alkanes of at least 4 members (excludes halogenated alkanes) is 2. The summed E-state index contributed by atoms with van der Waals surface area (Å²) in [7, 11) is 0. The summed E-state index contributed by atoms with van der Waals surface area (Å²) in [4.78, 5) is 0. The van der Waals surface area contributed by atoms with Gasteiger partial charge in [0.25, 0.3) is 0 Å². The van der Waals surface area contributed by atoms with Crippen LogP contribution in [-0.4, -0.2) is 6.61 Å². The van der Waals surface area contributed by atoms with Gasteiger partial charge in [-0.25, -0.2) is 0 Å². The highest BCUT2D eigenvalue weighted by Crippen LogP contribution is 1.98. The van der Waals surface area contributed by atoms with Crippen molar-refractivity contribution < 1.29 is 4.74 Å². The molecule has 1 nitrogen and oxygen atoms in total. The molecule has 0 fully saturated rings. The lowest BCUT2D eigenvalue weighted by Crippen LogP contribution is -1.76. The number of ether oxygens (including phenoxy) is 1. The number of rotatable bonds is 7. The molecule has 0 aromatic heterocycles. The van der Waals surface area contributed by atoms with E-state index in [1.165, 1.54) is 12.8 Å². The van der Waals surface area contributed by atoms with E-state index in [9.17, 15) is 0 Å². The molecule has 0 heterocycles. The summed E-state index contributed by atoms with van der Waals surface area (Å²) >= 11 is 0. The minimum absolute atomic E-state index is 0.770. The maximum atomic E-state index is 5.06. The Hall–Kier alpha value is -0.720. The monoisotopic (exact) mass is 168 g/mol. The molecule has 0 rings (SSSR count). The SMILES string of the molecule is CC/C=C\CCC/C=C/OCC. The Morgan fingerprint density at radius 2 is 1.75 bits per heavy atom. The van der Waals surface area contributed by atoms with Crippen LogP contribution in [0.4, 0.5) is 0 Å². The van der Waals surface area contributed by atoms with Crippen LogP contribution in [-0.2, 0) is 4.74 Å². The van der Waals surface area contributed by atoms with E-state index in [1.54, 1.807) is 6.26 Å². The first-order valence-electron chi connectivity index (χ1n) is 4.83. The van der Waals surface area contributed by atoms with Crippen LogP contribution in [0.25, 0.3) is 0 Å². The van der Waals surface area contributed by atoms with Crippen LogP contribution < -0.4 is 0 Å². The fourth-order valence-electron chi connectivity index (χ4n) is 0.870. The first kappa shape index (κ1) is 11.3. The summed E-state index contributed by atoms with van der Waals surface area (Å²) in [5, 5.41) is 0. The fraction of sp³-hybridized carbons (Fsp3) is 0.636. The number of hydrogen-bond acceptors (Lipinski definition) is 1. The van der Waals surface area contributed by atoms with E-state index in [4.69, 9.17) is 4.74 Å². The Kier molecular flexibility index (Phi) is 9.66. The molecule has 0 atom stereocenters. The first-order valence-corrected chi connectivity index (χ1v) is 4.83. The van der Waals surface area contributed by atoms with Crippen LogP contribution in [0.3, 0.4) is 0 Å². The third-order valence-corrected chi connectivity index (χ3v) is 1.50. The van der Waals surface area contributed by atoms with Crippen LogP contribution in [0.15, 0.2) is 24.5 Å². The van der Waals surface area contributed by atoms with Gasteiger partial charge in [0.1, 0.15) is 0 Å². The molecule has 0 radical (unpaired) electrons. The minimum Gasteiger partial charge on any atom is -0.502 e. The van der Waals surface area contributed by atoms with Crippen molar-refractivity contribution >= 4 is 0 Å². The smallest absolute Gasteiger partial charge is 0.0845 e. The molecule has 0 bridgehead atoms. The van der Waals surface area contributed by atoms with Crippen LogP contribution in [0.5, 0.6) is 0 Å².